The number of aromatic nitrogens is 2. The van der Waals surface area contributed by atoms with Gasteiger partial charge in [-0.15, -0.1) is 0 Å². The number of aryl methyl sites for hydroxylation is 1. The predicted molar refractivity (Wildman–Crippen MR) is 124 cm³/mol. The van der Waals surface area contributed by atoms with E-state index in [4.69, 9.17) is 19.4 Å². The Kier molecular flexibility index (Phi) is 6.10. The van der Waals surface area contributed by atoms with Crippen LogP contribution in [0, 0.1) is 5.92 Å². The Morgan fingerprint density at radius 2 is 1.91 bits per heavy atom. The molecule has 0 radical (unpaired) electrons. The molecule has 1 aromatic carbocycles. The van der Waals surface area contributed by atoms with E-state index >= 15 is 0 Å². The first-order chi connectivity index (χ1) is 15.6. The maximum atomic E-state index is 11.8. The van der Waals surface area contributed by atoms with Gasteiger partial charge in [0.25, 0.3) is 0 Å². The normalized spacial score (nSPS) is 18.8. The van der Waals surface area contributed by atoms with Gasteiger partial charge in [0.05, 0.1) is 13.7 Å². The second kappa shape index (κ2) is 9.15. The quantitative estimate of drug-likeness (QED) is 0.638. The first kappa shape index (κ1) is 21.3. The Morgan fingerprint density at radius 1 is 1.12 bits per heavy atom. The number of nitrogens with zero attached hydrogens (tertiary/aromatic N) is 4. The van der Waals surface area contributed by atoms with Crippen LogP contribution in [0.2, 0.25) is 0 Å². The molecule has 1 aliphatic carbocycles. The third kappa shape index (κ3) is 4.78. The minimum Gasteiger partial charge on any atom is -0.479 e. The van der Waals surface area contributed by atoms with Crippen molar-refractivity contribution in [1.82, 2.24) is 14.9 Å². The van der Waals surface area contributed by atoms with Crippen molar-refractivity contribution >= 4 is 29.0 Å². The van der Waals surface area contributed by atoms with Crippen LogP contribution in [0.25, 0.3) is 0 Å². The largest absolute Gasteiger partial charge is 0.479 e. The molecule has 1 saturated heterocycles. The topological polar surface area (TPSA) is 79.8 Å². The van der Waals surface area contributed by atoms with Gasteiger partial charge in [0.1, 0.15) is 0 Å². The highest BCUT2D eigenvalue weighted by Gasteiger charge is 2.28. The zero-order chi connectivity index (χ0) is 22.1. The summed E-state index contributed by atoms with van der Waals surface area (Å²) >= 11 is 1.45. The van der Waals surface area contributed by atoms with Crippen LogP contribution in [0.4, 0.5) is 11.4 Å². The van der Waals surface area contributed by atoms with E-state index in [0.29, 0.717) is 35.9 Å². The van der Waals surface area contributed by atoms with E-state index in [9.17, 15) is 4.79 Å². The molecular formula is C23H29N5O3S. The smallest absolute Gasteiger partial charge is 0.245 e. The van der Waals surface area contributed by atoms with Gasteiger partial charge in [-0.05, 0) is 61.7 Å². The molecule has 8 nitrogen and oxygen atoms in total. The number of methoxy groups -OCH3 is 1. The van der Waals surface area contributed by atoms with Crippen molar-refractivity contribution in [2.45, 2.75) is 35.7 Å². The third-order valence-corrected chi connectivity index (χ3v) is 7.01. The molecule has 1 amide bonds. The second-order valence-corrected chi connectivity index (χ2v) is 9.72. The molecule has 170 valence electrons. The lowest BCUT2D eigenvalue weighted by Crippen LogP contribution is -2.44. The molecule has 1 N–H and O–H groups in total. The lowest BCUT2D eigenvalue weighted by molar-refractivity contribution is -0.116. The van der Waals surface area contributed by atoms with Crippen molar-refractivity contribution in [2.24, 2.45) is 5.92 Å². The van der Waals surface area contributed by atoms with Gasteiger partial charge >= 0.3 is 0 Å². The molecule has 3 heterocycles. The zero-order valence-electron chi connectivity index (χ0n) is 18.6. The van der Waals surface area contributed by atoms with Crippen LogP contribution in [0.5, 0.6) is 11.8 Å². The highest BCUT2D eigenvalue weighted by Crippen LogP contribution is 2.40. The molecule has 0 atom stereocenters. The van der Waals surface area contributed by atoms with Crippen LogP contribution in [0.1, 0.15) is 24.8 Å². The van der Waals surface area contributed by atoms with Gasteiger partial charge in [-0.3, -0.25) is 4.79 Å². The number of rotatable bonds is 7. The SMILES string of the molecule is COc1nc(Sc2ccc3c(c2)NC(=O)CC3)nc(OCC2CC2)c1N1CCN(C)CC1. The number of hydrogen-bond acceptors (Lipinski definition) is 8. The van der Waals surface area contributed by atoms with Crippen LogP contribution in [0.15, 0.2) is 28.3 Å². The predicted octanol–water partition coefficient (Wildman–Crippen LogP) is 3.06. The summed E-state index contributed by atoms with van der Waals surface area (Å²) in [4.78, 5) is 26.9. The summed E-state index contributed by atoms with van der Waals surface area (Å²) in [6.07, 6.45) is 3.74. The Bertz CT molecular complexity index is 1010. The molecule has 5 rings (SSSR count). The summed E-state index contributed by atoms with van der Waals surface area (Å²) in [5, 5.41) is 3.54. The molecule has 3 aliphatic rings. The van der Waals surface area contributed by atoms with E-state index in [1.54, 1.807) is 7.11 Å². The molecule has 0 unspecified atom stereocenters. The number of hydrogen-bond donors (Lipinski definition) is 1. The molecule has 2 aromatic rings. The minimum absolute atomic E-state index is 0.0601. The number of amides is 1. The number of piperazine rings is 1. The standard InChI is InChI=1S/C23H29N5O3S/c1-27-9-11-28(12-10-27)20-21(30-2)25-23(26-22(20)31-14-15-3-4-15)32-17-7-5-16-6-8-19(29)24-18(16)13-17/h5,7,13,15H,3-4,6,8-12,14H2,1-2H3,(H,24,29). The lowest BCUT2D eigenvalue weighted by atomic mass is 10.0. The summed E-state index contributed by atoms with van der Waals surface area (Å²) in [6, 6.07) is 6.11. The van der Waals surface area contributed by atoms with E-state index in [0.717, 1.165) is 54.4 Å². The van der Waals surface area contributed by atoms with E-state index < -0.39 is 0 Å². The van der Waals surface area contributed by atoms with E-state index in [-0.39, 0.29) is 5.91 Å². The lowest BCUT2D eigenvalue weighted by Gasteiger charge is -2.34. The van der Waals surface area contributed by atoms with Crippen molar-refractivity contribution < 1.29 is 14.3 Å². The maximum absolute atomic E-state index is 11.8. The number of benzene rings is 1. The average molecular weight is 456 g/mol. The number of anilines is 2. The fourth-order valence-electron chi connectivity index (χ4n) is 3.99. The number of carbonyl (C=O) groups excluding carboxylic acids is 1. The molecular weight excluding hydrogens is 426 g/mol. The zero-order valence-corrected chi connectivity index (χ0v) is 19.4. The van der Waals surface area contributed by atoms with Gasteiger partial charge in [-0.1, -0.05) is 6.07 Å². The second-order valence-electron chi connectivity index (χ2n) is 8.68. The maximum Gasteiger partial charge on any atom is 0.245 e. The summed E-state index contributed by atoms with van der Waals surface area (Å²) in [7, 11) is 3.78. The third-order valence-electron chi connectivity index (χ3n) is 6.15. The molecule has 0 bridgehead atoms. The summed E-state index contributed by atoms with van der Waals surface area (Å²) in [5.74, 6) is 1.83. The van der Waals surface area contributed by atoms with Crippen LogP contribution in [-0.4, -0.2) is 67.7 Å². The monoisotopic (exact) mass is 455 g/mol. The number of likely N-dealkylation sites (N-methyl/N-ethyl adjacent to an activating group) is 1. The molecule has 32 heavy (non-hydrogen) atoms. The van der Waals surface area contributed by atoms with Gasteiger partial charge in [0.15, 0.2) is 10.8 Å². The van der Waals surface area contributed by atoms with Crippen molar-refractivity contribution in [3.05, 3.63) is 23.8 Å². The fraction of sp³-hybridized carbons (Fsp3) is 0.522. The van der Waals surface area contributed by atoms with Crippen LogP contribution in [-0.2, 0) is 11.2 Å². The van der Waals surface area contributed by atoms with E-state index in [1.807, 2.05) is 6.07 Å². The summed E-state index contributed by atoms with van der Waals surface area (Å²) in [5.41, 5.74) is 2.88. The first-order valence-electron chi connectivity index (χ1n) is 11.2. The molecule has 2 fully saturated rings. The van der Waals surface area contributed by atoms with Crippen molar-refractivity contribution in [3.63, 3.8) is 0 Å². The Labute approximate surface area is 192 Å². The van der Waals surface area contributed by atoms with Gasteiger partial charge in [-0.2, -0.15) is 9.97 Å². The molecule has 0 spiro atoms. The molecule has 1 aromatic heterocycles. The van der Waals surface area contributed by atoms with Gasteiger partial charge in [0.2, 0.25) is 17.7 Å². The highest BCUT2D eigenvalue weighted by atomic mass is 32.2. The molecule has 1 saturated carbocycles. The summed E-state index contributed by atoms with van der Waals surface area (Å²) in [6.45, 7) is 4.39. The average Bonchev–Trinajstić information content (AvgIpc) is 3.62. The van der Waals surface area contributed by atoms with E-state index in [2.05, 4.69) is 34.3 Å². The van der Waals surface area contributed by atoms with Crippen LogP contribution >= 0.6 is 11.8 Å². The fourth-order valence-corrected chi connectivity index (χ4v) is 4.77. The van der Waals surface area contributed by atoms with Crippen molar-refractivity contribution in [1.29, 1.82) is 0 Å². The van der Waals surface area contributed by atoms with E-state index in [1.165, 1.54) is 24.6 Å². The Hall–Kier alpha value is -2.52. The van der Waals surface area contributed by atoms with Crippen LogP contribution in [0.3, 0.4) is 0 Å². The van der Waals surface area contributed by atoms with Crippen LogP contribution < -0.4 is 19.7 Å². The van der Waals surface area contributed by atoms with Gasteiger partial charge < -0.3 is 24.6 Å². The minimum atomic E-state index is 0.0601. The Morgan fingerprint density at radius 3 is 2.66 bits per heavy atom. The number of carbonyl (C=O) groups is 1. The van der Waals surface area contributed by atoms with Crippen molar-refractivity contribution in [3.8, 4) is 11.8 Å². The van der Waals surface area contributed by atoms with Crippen molar-refractivity contribution in [2.75, 3.05) is 57.2 Å². The highest BCUT2D eigenvalue weighted by molar-refractivity contribution is 7.99. The summed E-state index contributed by atoms with van der Waals surface area (Å²) < 4.78 is 11.9. The number of ether oxygens (including phenoxy) is 2. The van der Waals surface area contributed by atoms with Gasteiger partial charge in [0, 0.05) is 43.2 Å². The molecule has 9 heteroatoms. The van der Waals surface area contributed by atoms with Gasteiger partial charge in [-0.25, -0.2) is 0 Å². The number of nitrogens with one attached hydrogen (secondary N) is 1. The Balaban J connectivity index is 1.44. The first-order valence-corrected chi connectivity index (χ1v) is 12.0. The molecule has 2 aliphatic heterocycles. The number of fused-ring (bicyclic) bond motifs is 1.